The van der Waals surface area contributed by atoms with Gasteiger partial charge in [-0.2, -0.15) is 0 Å². The van der Waals surface area contributed by atoms with Crippen LogP contribution in [0.5, 0.6) is 0 Å². The summed E-state index contributed by atoms with van der Waals surface area (Å²) < 4.78 is 5.33. The average molecular weight is 240 g/mol. The molecule has 2 aliphatic rings. The predicted molar refractivity (Wildman–Crippen MR) is 66.7 cm³/mol. The topological polar surface area (TPSA) is 64.3 Å². The summed E-state index contributed by atoms with van der Waals surface area (Å²) in [5.74, 6) is 0.582. The van der Waals surface area contributed by atoms with Crippen LogP contribution in [0, 0.1) is 5.92 Å². The molecule has 2 aliphatic carbocycles. The van der Waals surface area contributed by atoms with Gasteiger partial charge in [-0.05, 0) is 52.4 Å². The quantitative estimate of drug-likeness (QED) is 0.738. The van der Waals surface area contributed by atoms with Crippen molar-refractivity contribution in [3.8, 4) is 0 Å². The minimum Gasteiger partial charge on any atom is -0.444 e. The molecular weight excluding hydrogens is 216 g/mol. The second kappa shape index (κ2) is 4.16. The lowest BCUT2D eigenvalue weighted by molar-refractivity contribution is 0.0419. The van der Waals surface area contributed by atoms with Crippen molar-refractivity contribution in [2.75, 3.05) is 0 Å². The summed E-state index contributed by atoms with van der Waals surface area (Å²) in [6, 6.07) is 0.101. The first kappa shape index (κ1) is 12.7. The third-order valence-electron chi connectivity index (χ3n) is 4.05. The average Bonchev–Trinajstić information content (AvgIpc) is 2.38. The van der Waals surface area contributed by atoms with Crippen LogP contribution in [-0.2, 0) is 4.74 Å². The molecule has 0 unspecified atom stereocenters. The molecule has 0 aromatic heterocycles. The summed E-state index contributed by atoms with van der Waals surface area (Å²) in [5.41, 5.74) is 5.61. The summed E-state index contributed by atoms with van der Waals surface area (Å²) in [7, 11) is 0. The number of carbonyl (C=O) groups excluding carboxylic acids is 1. The molecule has 2 rings (SSSR count). The zero-order valence-corrected chi connectivity index (χ0v) is 11.1. The third-order valence-corrected chi connectivity index (χ3v) is 4.05. The van der Waals surface area contributed by atoms with E-state index in [-0.39, 0.29) is 17.7 Å². The molecule has 2 bridgehead atoms. The standard InChI is InChI=1S/C13H24N2O2/c1-12(2,3)17-11(16)15-13-7-4-5-9(6-8-13)10(13)14/h9-10H,4-8,14H2,1-3H3,(H,15,16)/t9-,10+,13+/m1/s1. The van der Waals surface area contributed by atoms with Crippen LogP contribution in [0.1, 0.15) is 52.9 Å². The first-order valence-corrected chi connectivity index (χ1v) is 6.59. The van der Waals surface area contributed by atoms with Crippen molar-refractivity contribution in [2.24, 2.45) is 11.7 Å². The van der Waals surface area contributed by atoms with Crippen LogP contribution in [0.25, 0.3) is 0 Å². The highest BCUT2D eigenvalue weighted by molar-refractivity contribution is 5.69. The Hall–Kier alpha value is -0.770. The Morgan fingerprint density at radius 3 is 2.71 bits per heavy atom. The zero-order chi connectivity index (χ0) is 12.7. The molecule has 0 radical (unpaired) electrons. The molecule has 17 heavy (non-hydrogen) atoms. The fourth-order valence-corrected chi connectivity index (χ4v) is 3.25. The second-order valence-corrected chi connectivity index (χ2v) is 6.50. The molecule has 98 valence electrons. The molecular formula is C13H24N2O2. The number of amides is 1. The lowest BCUT2D eigenvalue weighted by atomic mass is 9.79. The maximum atomic E-state index is 11.9. The summed E-state index contributed by atoms with van der Waals surface area (Å²) >= 11 is 0. The lowest BCUT2D eigenvalue weighted by Crippen LogP contribution is -2.60. The fourth-order valence-electron chi connectivity index (χ4n) is 3.25. The largest absolute Gasteiger partial charge is 0.444 e. The monoisotopic (exact) mass is 240 g/mol. The van der Waals surface area contributed by atoms with E-state index in [0.717, 1.165) is 25.7 Å². The number of rotatable bonds is 1. The van der Waals surface area contributed by atoms with E-state index in [1.54, 1.807) is 0 Å². The van der Waals surface area contributed by atoms with Gasteiger partial charge in [-0.15, -0.1) is 0 Å². The Morgan fingerprint density at radius 2 is 2.06 bits per heavy atom. The van der Waals surface area contributed by atoms with Gasteiger partial charge in [0.25, 0.3) is 0 Å². The Bertz CT molecular complexity index is 307. The highest BCUT2D eigenvalue weighted by Crippen LogP contribution is 2.44. The van der Waals surface area contributed by atoms with E-state index in [1.165, 1.54) is 6.42 Å². The summed E-state index contributed by atoms with van der Waals surface area (Å²) in [5, 5.41) is 3.04. The van der Waals surface area contributed by atoms with Crippen molar-refractivity contribution in [3.05, 3.63) is 0 Å². The summed E-state index contributed by atoms with van der Waals surface area (Å²) in [4.78, 5) is 11.9. The van der Waals surface area contributed by atoms with Crippen molar-refractivity contribution in [1.29, 1.82) is 0 Å². The van der Waals surface area contributed by atoms with Gasteiger partial charge in [0.1, 0.15) is 5.60 Å². The van der Waals surface area contributed by atoms with E-state index in [1.807, 2.05) is 20.8 Å². The second-order valence-electron chi connectivity index (χ2n) is 6.50. The van der Waals surface area contributed by atoms with Crippen LogP contribution < -0.4 is 11.1 Å². The Morgan fingerprint density at radius 1 is 1.35 bits per heavy atom. The normalized spacial score (nSPS) is 36.7. The van der Waals surface area contributed by atoms with E-state index >= 15 is 0 Å². The van der Waals surface area contributed by atoms with E-state index in [4.69, 9.17) is 10.5 Å². The van der Waals surface area contributed by atoms with Crippen LogP contribution >= 0.6 is 0 Å². The third kappa shape index (κ3) is 2.57. The minimum absolute atomic E-state index is 0.101. The number of hydrogen-bond donors (Lipinski definition) is 2. The number of nitrogens with one attached hydrogen (secondary N) is 1. The van der Waals surface area contributed by atoms with Gasteiger partial charge in [-0.3, -0.25) is 0 Å². The van der Waals surface area contributed by atoms with E-state index in [2.05, 4.69) is 5.32 Å². The van der Waals surface area contributed by atoms with Gasteiger partial charge in [0, 0.05) is 6.04 Å². The van der Waals surface area contributed by atoms with Gasteiger partial charge in [0.2, 0.25) is 0 Å². The molecule has 4 nitrogen and oxygen atoms in total. The SMILES string of the molecule is CC(C)(C)OC(=O)N[C@@]12CCC[C@H](CC1)[C@@H]2N. The Kier molecular flexibility index (Phi) is 3.10. The molecule has 0 aliphatic heterocycles. The molecule has 0 spiro atoms. The van der Waals surface area contributed by atoms with E-state index in [0.29, 0.717) is 5.92 Å². The molecule has 2 fully saturated rings. The molecule has 0 aromatic rings. The number of ether oxygens (including phenoxy) is 1. The van der Waals surface area contributed by atoms with Gasteiger partial charge in [-0.1, -0.05) is 6.42 Å². The summed E-state index contributed by atoms with van der Waals surface area (Å²) in [6.45, 7) is 5.63. The van der Waals surface area contributed by atoms with Crippen LogP contribution in [0.4, 0.5) is 4.79 Å². The van der Waals surface area contributed by atoms with Gasteiger partial charge in [0.05, 0.1) is 5.54 Å². The van der Waals surface area contributed by atoms with Crippen LogP contribution in [-0.4, -0.2) is 23.3 Å². The number of fused-ring (bicyclic) bond motifs is 2. The maximum absolute atomic E-state index is 11.9. The van der Waals surface area contributed by atoms with Crippen LogP contribution in [0.15, 0.2) is 0 Å². The highest BCUT2D eigenvalue weighted by Gasteiger charge is 2.50. The molecule has 1 amide bonds. The van der Waals surface area contributed by atoms with Gasteiger partial charge in [0.15, 0.2) is 0 Å². The van der Waals surface area contributed by atoms with Crippen molar-refractivity contribution in [1.82, 2.24) is 5.32 Å². The summed E-state index contributed by atoms with van der Waals surface area (Å²) in [6.07, 6.45) is 5.17. The number of alkyl carbamates (subject to hydrolysis) is 1. The predicted octanol–water partition coefficient (Wildman–Crippen LogP) is 2.17. The van der Waals surface area contributed by atoms with Crippen molar-refractivity contribution >= 4 is 6.09 Å². The number of nitrogens with two attached hydrogens (primary N) is 1. The van der Waals surface area contributed by atoms with Gasteiger partial charge >= 0.3 is 6.09 Å². The van der Waals surface area contributed by atoms with Crippen molar-refractivity contribution in [2.45, 2.75) is 70.1 Å². The molecule has 4 heteroatoms. The molecule has 3 atom stereocenters. The van der Waals surface area contributed by atoms with E-state index in [9.17, 15) is 4.79 Å². The molecule has 0 heterocycles. The van der Waals surface area contributed by atoms with Crippen LogP contribution in [0.3, 0.4) is 0 Å². The molecule has 0 saturated heterocycles. The van der Waals surface area contributed by atoms with E-state index < -0.39 is 5.60 Å². The highest BCUT2D eigenvalue weighted by atomic mass is 16.6. The smallest absolute Gasteiger partial charge is 0.408 e. The van der Waals surface area contributed by atoms with Gasteiger partial charge < -0.3 is 15.8 Å². The number of hydrogen-bond acceptors (Lipinski definition) is 3. The first-order chi connectivity index (χ1) is 7.82. The Balaban J connectivity index is 2.00. The first-order valence-electron chi connectivity index (χ1n) is 6.59. The van der Waals surface area contributed by atoms with Crippen LogP contribution in [0.2, 0.25) is 0 Å². The molecule has 2 saturated carbocycles. The van der Waals surface area contributed by atoms with Crippen molar-refractivity contribution in [3.63, 3.8) is 0 Å². The minimum atomic E-state index is -0.447. The molecule has 0 aromatic carbocycles. The zero-order valence-electron chi connectivity index (χ0n) is 11.1. The van der Waals surface area contributed by atoms with Crippen molar-refractivity contribution < 1.29 is 9.53 Å². The Labute approximate surface area is 103 Å². The lowest BCUT2D eigenvalue weighted by Gasteiger charge is -2.40. The van der Waals surface area contributed by atoms with Gasteiger partial charge in [-0.25, -0.2) is 4.79 Å². The fraction of sp³-hybridized carbons (Fsp3) is 0.923. The molecule has 3 N–H and O–H groups in total. The number of carbonyl (C=O) groups is 1. The maximum Gasteiger partial charge on any atom is 0.408 e.